The zero-order chi connectivity index (χ0) is 6.69. The van der Waals surface area contributed by atoms with E-state index in [9.17, 15) is 0 Å². The van der Waals surface area contributed by atoms with Crippen molar-refractivity contribution < 1.29 is 21.9 Å². The van der Waals surface area contributed by atoms with E-state index in [1.54, 1.807) is 0 Å². The topological polar surface area (TPSA) is 0 Å². The molecular weight excluding hydrogens is 203 g/mol. The van der Waals surface area contributed by atoms with Crippen LogP contribution in [0.5, 0.6) is 0 Å². The van der Waals surface area contributed by atoms with Gasteiger partial charge in [-0.1, -0.05) is 0 Å². The molecule has 0 aromatic carbocycles. The SMILES string of the molecule is C[Si](C)=[Zr][C]1=CCCC1. The summed E-state index contributed by atoms with van der Waals surface area (Å²) >= 11 is 0.0280. The first-order valence-electron chi connectivity index (χ1n) is 3.55. The molecule has 0 atom stereocenters. The predicted octanol–water partition coefficient (Wildman–Crippen LogP) is 2.39. The van der Waals surface area contributed by atoms with Gasteiger partial charge < -0.3 is 0 Å². The first kappa shape index (κ1) is 7.94. The molecule has 2 heteroatoms. The van der Waals surface area contributed by atoms with E-state index in [0.29, 0.717) is 0 Å². The van der Waals surface area contributed by atoms with Gasteiger partial charge in [-0.05, 0) is 0 Å². The summed E-state index contributed by atoms with van der Waals surface area (Å²) in [7, 11) is 0. The molecule has 0 aliphatic heterocycles. The minimum atomic E-state index is 0.0280. The fourth-order valence-corrected chi connectivity index (χ4v) is 9.17. The van der Waals surface area contributed by atoms with Gasteiger partial charge in [-0.2, -0.15) is 0 Å². The second kappa shape index (κ2) is 3.88. The van der Waals surface area contributed by atoms with Crippen molar-refractivity contribution in [3.05, 3.63) is 9.36 Å². The van der Waals surface area contributed by atoms with Crippen LogP contribution < -0.4 is 0 Å². The Morgan fingerprint density at radius 1 is 1.56 bits per heavy atom. The Bertz CT molecular complexity index is 154. The van der Waals surface area contributed by atoms with Crippen molar-refractivity contribution in [3.63, 3.8) is 0 Å². The Morgan fingerprint density at radius 2 is 2.33 bits per heavy atom. The van der Waals surface area contributed by atoms with Crippen molar-refractivity contribution in [1.82, 2.24) is 0 Å². The molecule has 0 N–H and O–H groups in total. The van der Waals surface area contributed by atoms with Crippen molar-refractivity contribution >= 4 is 5.43 Å². The monoisotopic (exact) mass is 215 g/mol. The molecule has 9 heavy (non-hydrogen) atoms. The zero-order valence-corrected chi connectivity index (χ0v) is 9.66. The van der Waals surface area contributed by atoms with Gasteiger partial charge in [0.2, 0.25) is 0 Å². The van der Waals surface area contributed by atoms with Crippen LogP contribution in [0.2, 0.25) is 13.1 Å². The molecule has 0 unspecified atom stereocenters. The van der Waals surface area contributed by atoms with Crippen LogP contribution in [-0.4, -0.2) is 5.43 Å². The Kier molecular flexibility index (Phi) is 3.42. The molecule has 1 rings (SSSR count). The summed E-state index contributed by atoms with van der Waals surface area (Å²) in [6.45, 7) is 4.94. The maximum absolute atomic E-state index is 2.52. The molecule has 0 aromatic rings. The normalized spacial score (nSPS) is 16.9. The zero-order valence-electron chi connectivity index (χ0n) is 6.20. The van der Waals surface area contributed by atoms with Crippen LogP contribution in [0.25, 0.3) is 0 Å². The fourth-order valence-electron chi connectivity index (χ4n) is 1.11. The second-order valence-electron chi connectivity index (χ2n) is 2.75. The minimum absolute atomic E-state index is 0.0280. The van der Waals surface area contributed by atoms with Gasteiger partial charge in [-0.25, -0.2) is 0 Å². The van der Waals surface area contributed by atoms with E-state index in [2.05, 4.69) is 19.2 Å². The van der Waals surface area contributed by atoms with Gasteiger partial charge in [-0.3, -0.25) is 0 Å². The van der Waals surface area contributed by atoms with E-state index in [0.717, 1.165) is 0 Å². The summed E-state index contributed by atoms with van der Waals surface area (Å²) in [6.07, 6.45) is 6.85. The number of rotatable bonds is 1. The van der Waals surface area contributed by atoms with Crippen LogP contribution in [0.15, 0.2) is 9.36 Å². The molecule has 0 spiro atoms. The van der Waals surface area contributed by atoms with Crippen LogP contribution in [0.3, 0.4) is 0 Å². The van der Waals surface area contributed by atoms with Crippen LogP contribution >= 0.6 is 0 Å². The molecule has 49 valence electrons. The molecule has 0 radical (unpaired) electrons. The Labute approximate surface area is 68.8 Å². The third kappa shape index (κ3) is 2.95. The molecule has 0 heterocycles. The first-order valence-corrected chi connectivity index (χ1v) is 11.0. The van der Waals surface area contributed by atoms with Gasteiger partial charge in [0.25, 0.3) is 0 Å². The predicted molar refractivity (Wildman–Crippen MR) is 39.4 cm³/mol. The van der Waals surface area contributed by atoms with Gasteiger partial charge in [0.05, 0.1) is 0 Å². The van der Waals surface area contributed by atoms with Gasteiger partial charge >= 0.3 is 69.0 Å². The summed E-state index contributed by atoms with van der Waals surface area (Å²) in [5, 5.41) is 0. The van der Waals surface area contributed by atoms with Gasteiger partial charge in [0.15, 0.2) is 0 Å². The molecule has 0 fully saturated rings. The Hall–Kier alpha value is 0.840. The quantitative estimate of drug-likeness (QED) is 0.591. The third-order valence-electron chi connectivity index (χ3n) is 1.45. The van der Waals surface area contributed by atoms with Crippen molar-refractivity contribution in [2.24, 2.45) is 0 Å². The van der Waals surface area contributed by atoms with Crippen molar-refractivity contribution in [2.45, 2.75) is 32.4 Å². The third-order valence-corrected chi connectivity index (χ3v) is 9.44. The molecule has 0 saturated carbocycles. The molecule has 0 bridgehead atoms. The number of allylic oxidation sites excluding steroid dienone is 2. The first-order chi connectivity index (χ1) is 4.29. The van der Waals surface area contributed by atoms with E-state index in [1.165, 1.54) is 19.3 Å². The molecule has 1 aliphatic rings. The van der Waals surface area contributed by atoms with Gasteiger partial charge in [0, 0.05) is 0 Å². The van der Waals surface area contributed by atoms with Crippen molar-refractivity contribution in [2.75, 3.05) is 0 Å². The Balaban J connectivity index is 2.53. The molecule has 0 aromatic heterocycles. The van der Waals surface area contributed by atoms with E-state index < -0.39 is 0 Å². The van der Waals surface area contributed by atoms with E-state index in [-0.39, 0.29) is 27.3 Å². The summed E-state index contributed by atoms with van der Waals surface area (Å²) in [5.74, 6) is 0. The van der Waals surface area contributed by atoms with E-state index in [1.807, 2.05) is 3.28 Å². The maximum atomic E-state index is 2.52. The van der Waals surface area contributed by atoms with Crippen LogP contribution in [0.1, 0.15) is 19.3 Å². The molecule has 0 amide bonds. The summed E-state index contributed by atoms with van der Waals surface area (Å²) < 4.78 is 1.91. The van der Waals surface area contributed by atoms with E-state index in [4.69, 9.17) is 0 Å². The molecular formula is C7H13SiZr. The van der Waals surface area contributed by atoms with Crippen LogP contribution in [0.4, 0.5) is 0 Å². The molecule has 0 saturated heterocycles. The average Bonchev–Trinajstić information content (AvgIpc) is 2.15. The summed E-state index contributed by atoms with van der Waals surface area (Å²) in [6, 6.07) is 0. The second-order valence-corrected chi connectivity index (χ2v) is 15.8. The number of hydrogen-bond donors (Lipinski definition) is 0. The molecule has 1 aliphatic carbocycles. The Morgan fingerprint density at radius 3 is 2.78 bits per heavy atom. The van der Waals surface area contributed by atoms with Crippen molar-refractivity contribution in [1.29, 1.82) is 0 Å². The standard InChI is InChI=1S/C5H7.C2H6Si.Zr/c1-2-4-5-3-1;1-3-2;/h1H,2,4-5H2;1-2H3;. The van der Waals surface area contributed by atoms with Crippen LogP contribution in [0, 0.1) is 0 Å². The summed E-state index contributed by atoms with van der Waals surface area (Å²) in [5.41, 5.74) is 0.184. The van der Waals surface area contributed by atoms with E-state index >= 15 is 0 Å². The average molecular weight is 216 g/mol. The van der Waals surface area contributed by atoms with Gasteiger partial charge in [-0.15, -0.1) is 0 Å². The number of hydrogen-bond acceptors (Lipinski definition) is 0. The van der Waals surface area contributed by atoms with Crippen molar-refractivity contribution in [3.8, 4) is 0 Å². The summed E-state index contributed by atoms with van der Waals surface area (Å²) in [4.78, 5) is 0. The fraction of sp³-hybridized carbons (Fsp3) is 0.714. The molecule has 0 nitrogen and oxygen atoms in total. The van der Waals surface area contributed by atoms with Gasteiger partial charge in [0.1, 0.15) is 0 Å². The van der Waals surface area contributed by atoms with Crippen LogP contribution in [-0.2, 0) is 21.9 Å².